The molecule has 2 heterocycles. The lowest BCUT2D eigenvalue weighted by atomic mass is 9.98. The Bertz CT molecular complexity index is 1200. The highest BCUT2D eigenvalue weighted by Gasteiger charge is 2.47. The summed E-state index contributed by atoms with van der Waals surface area (Å²) >= 11 is 3.61. The normalized spacial score (nSPS) is 20.4. The van der Waals surface area contributed by atoms with Crippen LogP contribution in [0.3, 0.4) is 0 Å². The molecule has 163 valence electrons. The maximum atomic E-state index is 13.4. The first-order chi connectivity index (χ1) is 15.4. The Morgan fingerprint density at radius 3 is 2.81 bits per heavy atom. The highest BCUT2D eigenvalue weighted by Crippen LogP contribution is 2.48. The number of benzene rings is 2. The molecule has 1 aliphatic heterocycles. The number of aryl methyl sites for hydroxylation is 1. The van der Waals surface area contributed by atoms with E-state index in [0.717, 1.165) is 52.3 Å². The van der Waals surface area contributed by atoms with Crippen molar-refractivity contribution in [1.29, 1.82) is 0 Å². The molecule has 1 saturated carbocycles. The zero-order valence-corrected chi connectivity index (χ0v) is 20.8. The van der Waals surface area contributed by atoms with E-state index in [2.05, 4.69) is 60.6 Å². The van der Waals surface area contributed by atoms with Crippen LogP contribution in [0, 0.1) is 6.92 Å². The van der Waals surface area contributed by atoms with Crippen molar-refractivity contribution in [2.45, 2.75) is 43.5 Å². The van der Waals surface area contributed by atoms with Gasteiger partial charge in [-0.3, -0.25) is 9.78 Å². The Morgan fingerprint density at radius 2 is 2.12 bits per heavy atom. The molecule has 0 bridgehead atoms. The van der Waals surface area contributed by atoms with Crippen molar-refractivity contribution >= 4 is 43.0 Å². The quantitative estimate of drug-likeness (QED) is 0.506. The number of rotatable bonds is 6. The zero-order chi connectivity index (χ0) is 22.5. The summed E-state index contributed by atoms with van der Waals surface area (Å²) in [6.45, 7) is 3.04. The van der Waals surface area contributed by atoms with E-state index in [1.54, 1.807) is 6.20 Å². The van der Waals surface area contributed by atoms with E-state index in [1.807, 2.05) is 37.3 Å². The van der Waals surface area contributed by atoms with Gasteiger partial charge in [0, 0.05) is 27.7 Å². The largest absolute Gasteiger partial charge is 0.493 e. The van der Waals surface area contributed by atoms with Crippen molar-refractivity contribution in [3.8, 4) is 5.75 Å². The summed E-state index contributed by atoms with van der Waals surface area (Å²) in [7, 11) is 5.81. The number of pyridine rings is 1. The lowest BCUT2D eigenvalue weighted by molar-refractivity contribution is 0.0562. The summed E-state index contributed by atoms with van der Waals surface area (Å²) in [5, 5.41) is 4.41. The molecular formula is C25H25BrN3O2Si. The molecule has 32 heavy (non-hydrogen) atoms. The van der Waals surface area contributed by atoms with E-state index in [0.29, 0.717) is 17.4 Å². The Hall–Kier alpha value is -2.22. The number of nitrogens with one attached hydrogen (secondary N) is 1. The zero-order valence-electron chi connectivity index (χ0n) is 18.2. The van der Waals surface area contributed by atoms with Gasteiger partial charge in [-0.05, 0) is 81.2 Å². The van der Waals surface area contributed by atoms with Gasteiger partial charge in [0.1, 0.15) is 5.75 Å². The molecule has 5 rings (SSSR count). The summed E-state index contributed by atoms with van der Waals surface area (Å²) in [4.78, 5) is 20.1. The van der Waals surface area contributed by atoms with E-state index in [-0.39, 0.29) is 17.2 Å². The van der Waals surface area contributed by atoms with Gasteiger partial charge in [0.25, 0.3) is 5.91 Å². The number of fused-ring (bicyclic) bond motifs is 1. The number of ether oxygens (including phenoxy) is 1. The first-order valence-electron chi connectivity index (χ1n) is 10.9. The van der Waals surface area contributed by atoms with Gasteiger partial charge in [-0.1, -0.05) is 28.1 Å². The summed E-state index contributed by atoms with van der Waals surface area (Å²) in [5.74, 6) is 0.622. The molecule has 2 atom stereocenters. The van der Waals surface area contributed by atoms with E-state index in [1.165, 1.54) is 0 Å². The van der Waals surface area contributed by atoms with Gasteiger partial charge in [0.05, 0.1) is 27.0 Å². The molecule has 1 unspecified atom stereocenters. The first-order valence-corrected chi connectivity index (χ1v) is 12.3. The van der Waals surface area contributed by atoms with Gasteiger partial charge in [0.2, 0.25) is 0 Å². The number of halogens is 1. The minimum Gasteiger partial charge on any atom is -0.493 e. The fourth-order valence-electron chi connectivity index (χ4n) is 4.48. The monoisotopic (exact) mass is 506 g/mol. The summed E-state index contributed by atoms with van der Waals surface area (Å²) in [6.07, 6.45) is 4.71. The number of hydrogen-bond donors (Lipinski definition) is 1. The molecule has 0 spiro atoms. The second kappa shape index (κ2) is 8.28. The number of likely N-dealkylation sites (tertiary alicyclic amines) is 1. The molecule has 2 aromatic carbocycles. The summed E-state index contributed by atoms with van der Waals surface area (Å²) < 4.78 is 7.08. The highest BCUT2D eigenvalue weighted by atomic mass is 79.9. The van der Waals surface area contributed by atoms with Crippen LogP contribution in [0.5, 0.6) is 5.75 Å². The molecule has 7 heteroatoms. The third-order valence-corrected chi connectivity index (χ3v) is 7.67. The van der Waals surface area contributed by atoms with Crippen LogP contribution in [0.15, 0.2) is 53.1 Å². The molecule has 1 saturated heterocycles. The molecule has 3 aromatic rings. The fraction of sp³-hybridized carbons (Fsp3) is 0.360. The van der Waals surface area contributed by atoms with Crippen LogP contribution in [-0.2, 0) is 5.54 Å². The number of likely N-dealkylation sites (N-methyl/N-ethyl adjacent to an activating group) is 1. The van der Waals surface area contributed by atoms with Crippen LogP contribution in [-0.4, -0.2) is 51.4 Å². The number of aromatic nitrogens is 1. The van der Waals surface area contributed by atoms with Crippen LogP contribution in [0.4, 0.5) is 0 Å². The number of carbonyl (C=O) groups excluding carboxylic acids is 1. The van der Waals surface area contributed by atoms with E-state index >= 15 is 0 Å². The minimum atomic E-state index is -0.363. The van der Waals surface area contributed by atoms with Crippen LogP contribution >= 0.6 is 15.9 Å². The van der Waals surface area contributed by atoms with Crippen LogP contribution in [0.2, 0.25) is 0 Å². The molecule has 1 N–H and O–H groups in total. The predicted octanol–water partition coefficient (Wildman–Crippen LogP) is 4.30. The second-order valence-corrected chi connectivity index (χ2v) is 10.4. The van der Waals surface area contributed by atoms with Gasteiger partial charge in [-0.15, -0.1) is 0 Å². The number of amides is 1. The van der Waals surface area contributed by atoms with Gasteiger partial charge < -0.3 is 15.0 Å². The Labute approximate surface area is 200 Å². The Kier molecular flexibility index (Phi) is 5.59. The maximum absolute atomic E-state index is 13.4. The lowest BCUT2D eigenvalue weighted by Gasteiger charge is -2.41. The molecule has 1 amide bonds. The molecular weight excluding hydrogens is 482 g/mol. The number of nitrogens with zero attached hydrogens (tertiary/aromatic N) is 2. The third-order valence-electron chi connectivity index (χ3n) is 6.71. The molecule has 5 nitrogen and oxygen atoms in total. The van der Waals surface area contributed by atoms with Crippen LogP contribution in [0.25, 0.3) is 10.9 Å². The molecule has 1 aromatic heterocycles. The third kappa shape index (κ3) is 3.98. The first kappa shape index (κ1) is 21.6. The van der Waals surface area contributed by atoms with Gasteiger partial charge >= 0.3 is 0 Å². The van der Waals surface area contributed by atoms with Crippen molar-refractivity contribution in [3.05, 3.63) is 69.8 Å². The van der Waals surface area contributed by atoms with Gasteiger partial charge in [0.15, 0.2) is 0 Å². The average Bonchev–Trinajstić information content (AvgIpc) is 3.53. The van der Waals surface area contributed by atoms with E-state index in [4.69, 9.17) is 4.74 Å². The van der Waals surface area contributed by atoms with Crippen molar-refractivity contribution in [2.75, 3.05) is 13.6 Å². The van der Waals surface area contributed by atoms with Crippen molar-refractivity contribution < 1.29 is 9.53 Å². The van der Waals surface area contributed by atoms with Crippen molar-refractivity contribution in [3.63, 3.8) is 0 Å². The minimum absolute atomic E-state index is 0.0752. The standard InChI is InChI=1S/C25H25BrN3O2Si/c1-15-5-6-17(31-24(32)22-7-11-29(22)2)14-19(15)23(30)28-25(8-9-25)20-12-16(26)13-21-18(20)4-3-10-27-21/h3-6,10,12-14,22,24H,7-9,11H2,1-2H3,(H,28,30)/t22-,24?/m0/s1. The van der Waals surface area contributed by atoms with Crippen LogP contribution in [0.1, 0.15) is 40.7 Å². The Balaban J connectivity index is 1.40. The molecule has 2 fully saturated rings. The van der Waals surface area contributed by atoms with Crippen molar-refractivity contribution in [1.82, 2.24) is 15.2 Å². The second-order valence-electron chi connectivity index (χ2n) is 8.91. The van der Waals surface area contributed by atoms with E-state index in [9.17, 15) is 4.79 Å². The number of carbonyl (C=O) groups is 1. The molecule has 3 radical (unpaired) electrons. The maximum Gasteiger partial charge on any atom is 0.252 e. The Morgan fingerprint density at radius 1 is 1.31 bits per heavy atom. The molecule has 1 aliphatic carbocycles. The lowest BCUT2D eigenvalue weighted by Crippen LogP contribution is -2.53. The summed E-state index contributed by atoms with van der Waals surface area (Å²) in [5.41, 5.74) is 3.14. The topological polar surface area (TPSA) is 54.5 Å². The number of hydrogen-bond acceptors (Lipinski definition) is 4. The van der Waals surface area contributed by atoms with Crippen LogP contribution < -0.4 is 10.1 Å². The van der Waals surface area contributed by atoms with Gasteiger partial charge in [-0.2, -0.15) is 0 Å². The SMILES string of the molecule is Cc1ccc(OC([Si])[C@@H]2CCN2C)cc1C(=O)NC1(c2cc(Br)cc3ncccc23)CC1. The van der Waals surface area contributed by atoms with Crippen molar-refractivity contribution in [2.24, 2.45) is 0 Å². The smallest absolute Gasteiger partial charge is 0.252 e. The highest BCUT2D eigenvalue weighted by molar-refractivity contribution is 9.10. The molecule has 2 aliphatic rings. The summed E-state index contributed by atoms with van der Waals surface area (Å²) in [6, 6.07) is 14.2. The predicted molar refractivity (Wildman–Crippen MR) is 130 cm³/mol. The van der Waals surface area contributed by atoms with Gasteiger partial charge in [-0.25, -0.2) is 0 Å². The van der Waals surface area contributed by atoms with E-state index < -0.39 is 0 Å². The fourth-order valence-corrected chi connectivity index (χ4v) is 5.48. The average molecular weight is 507 g/mol.